The van der Waals surface area contributed by atoms with Crippen LogP contribution in [0.1, 0.15) is 16.8 Å². The molecule has 96 valence electrons. The third kappa shape index (κ3) is 2.53. The third-order valence-electron chi connectivity index (χ3n) is 2.62. The number of hydrogen-bond donors (Lipinski definition) is 2. The van der Waals surface area contributed by atoms with E-state index in [1.165, 1.54) is 7.11 Å². The van der Waals surface area contributed by atoms with Gasteiger partial charge < -0.3 is 19.9 Å². The summed E-state index contributed by atoms with van der Waals surface area (Å²) in [6.07, 6.45) is -0.0157. The van der Waals surface area contributed by atoms with Crippen molar-refractivity contribution in [2.45, 2.75) is 12.5 Å². The van der Waals surface area contributed by atoms with Gasteiger partial charge in [0.05, 0.1) is 30.8 Å². The Labute approximate surface area is 104 Å². The van der Waals surface area contributed by atoms with E-state index in [1.807, 2.05) is 0 Å². The summed E-state index contributed by atoms with van der Waals surface area (Å²) in [5.74, 6) is -0.792. The van der Waals surface area contributed by atoms with Crippen LogP contribution in [0.2, 0.25) is 0 Å². The van der Waals surface area contributed by atoms with E-state index in [2.05, 4.69) is 10.1 Å². The molecule has 0 spiro atoms. The molecule has 2 N–H and O–H groups in total. The molecule has 0 saturated carbocycles. The molecule has 1 heterocycles. The Kier molecular flexibility index (Phi) is 3.36. The number of carbonyl (C=O) groups excluding carboxylic acids is 1. The number of aliphatic carboxylic acids is 1. The van der Waals surface area contributed by atoms with E-state index < -0.39 is 11.9 Å². The number of hydrogen-bond acceptors (Lipinski definition) is 5. The molecule has 2 rings (SSSR count). The van der Waals surface area contributed by atoms with E-state index in [1.54, 1.807) is 18.2 Å². The second-order valence-electron chi connectivity index (χ2n) is 3.95. The lowest BCUT2D eigenvalue weighted by molar-refractivity contribution is -0.137. The standard InChI is InChI=1S/C12H13NO5/c1-17-12(16)7-2-3-9-10(4-7)18-6-8(13-9)5-11(14)15/h2-4,8,13H,5-6H2,1H3,(H,14,15). The predicted octanol–water partition coefficient (Wildman–Crippen LogP) is 1.12. The maximum absolute atomic E-state index is 11.3. The lowest BCUT2D eigenvalue weighted by Crippen LogP contribution is -2.33. The molecule has 0 saturated heterocycles. The number of carboxylic acid groups (broad SMARTS) is 1. The van der Waals surface area contributed by atoms with Crippen LogP contribution in [-0.4, -0.2) is 36.8 Å². The number of anilines is 1. The molecule has 1 aliphatic heterocycles. The molecule has 1 aromatic rings. The zero-order chi connectivity index (χ0) is 13.1. The van der Waals surface area contributed by atoms with Crippen molar-refractivity contribution < 1.29 is 24.2 Å². The van der Waals surface area contributed by atoms with Crippen LogP contribution < -0.4 is 10.1 Å². The first-order valence-corrected chi connectivity index (χ1v) is 5.43. The average molecular weight is 251 g/mol. The molecule has 1 unspecified atom stereocenters. The van der Waals surface area contributed by atoms with Crippen molar-refractivity contribution >= 4 is 17.6 Å². The summed E-state index contributed by atoms with van der Waals surface area (Å²) in [7, 11) is 1.31. The van der Waals surface area contributed by atoms with Crippen molar-refractivity contribution in [2.75, 3.05) is 19.0 Å². The van der Waals surface area contributed by atoms with Crippen LogP contribution in [0.4, 0.5) is 5.69 Å². The zero-order valence-corrected chi connectivity index (χ0v) is 9.80. The first-order chi connectivity index (χ1) is 8.60. The third-order valence-corrected chi connectivity index (χ3v) is 2.62. The molecule has 6 nitrogen and oxygen atoms in total. The smallest absolute Gasteiger partial charge is 0.337 e. The number of esters is 1. The topological polar surface area (TPSA) is 84.9 Å². The van der Waals surface area contributed by atoms with Crippen molar-refractivity contribution in [3.8, 4) is 5.75 Å². The van der Waals surface area contributed by atoms with E-state index in [0.29, 0.717) is 17.0 Å². The number of nitrogens with one attached hydrogen (secondary N) is 1. The molecular formula is C12H13NO5. The van der Waals surface area contributed by atoms with Crippen molar-refractivity contribution in [3.63, 3.8) is 0 Å². The van der Waals surface area contributed by atoms with Crippen LogP contribution >= 0.6 is 0 Å². The van der Waals surface area contributed by atoms with E-state index in [9.17, 15) is 9.59 Å². The molecular weight excluding hydrogens is 238 g/mol. The predicted molar refractivity (Wildman–Crippen MR) is 62.9 cm³/mol. The SMILES string of the molecule is COC(=O)c1ccc2c(c1)OCC(CC(=O)O)N2. The lowest BCUT2D eigenvalue weighted by Gasteiger charge is -2.26. The highest BCUT2D eigenvalue weighted by molar-refractivity contribution is 5.90. The molecule has 18 heavy (non-hydrogen) atoms. The van der Waals surface area contributed by atoms with Gasteiger partial charge in [0.2, 0.25) is 0 Å². The van der Waals surface area contributed by atoms with Gasteiger partial charge >= 0.3 is 11.9 Å². The maximum atomic E-state index is 11.3. The number of methoxy groups -OCH3 is 1. The van der Waals surface area contributed by atoms with Crippen molar-refractivity contribution in [1.82, 2.24) is 0 Å². The lowest BCUT2D eigenvalue weighted by atomic mass is 10.1. The Morgan fingerprint density at radius 1 is 1.56 bits per heavy atom. The zero-order valence-electron chi connectivity index (χ0n) is 9.80. The molecule has 0 fully saturated rings. The molecule has 0 aromatic heterocycles. The van der Waals surface area contributed by atoms with Gasteiger partial charge in [0.15, 0.2) is 0 Å². The highest BCUT2D eigenvalue weighted by Crippen LogP contribution is 2.30. The first kappa shape index (κ1) is 12.2. The minimum atomic E-state index is -0.884. The highest BCUT2D eigenvalue weighted by atomic mass is 16.5. The van der Waals surface area contributed by atoms with Gasteiger partial charge in [0.1, 0.15) is 12.4 Å². The Bertz CT molecular complexity index is 485. The number of fused-ring (bicyclic) bond motifs is 1. The van der Waals surface area contributed by atoms with Crippen LogP contribution in [0.25, 0.3) is 0 Å². The molecule has 1 atom stereocenters. The van der Waals surface area contributed by atoms with Crippen LogP contribution in [0.3, 0.4) is 0 Å². The minimum absolute atomic E-state index is 0.0157. The number of rotatable bonds is 3. The molecule has 1 aromatic carbocycles. The maximum Gasteiger partial charge on any atom is 0.337 e. The Morgan fingerprint density at radius 2 is 2.33 bits per heavy atom. The summed E-state index contributed by atoms with van der Waals surface area (Å²) >= 11 is 0. The van der Waals surface area contributed by atoms with Gasteiger partial charge in [-0.3, -0.25) is 4.79 Å². The van der Waals surface area contributed by atoms with Crippen molar-refractivity contribution in [2.24, 2.45) is 0 Å². The summed E-state index contributed by atoms with van der Waals surface area (Å²) in [6, 6.07) is 4.59. The van der Waals surface area contributed by atoms with Gasteiger partial charge in [0, 0.05) is 0 Å². The fraction of sp³-hybridized carbons (Fsp3) is 0.333. The van der Waals surface area contributed by atoms with Crippen LogP contribution in [-0.2, 0) is 9.53 Å². The largest absolute Gasteiger partial charge is 0.489 e. The van der Waals surface area contributed by atoms with Gasteiger partial charge in [-0.25, -0.2) is 4.79 Å². The number of carboxylic acids is 1. The quantitative estimate of drug-likeness (QED) is 0.783. The normalized spacial score (nSPS) is 17.1. The number of ether oxygens (including phenoxy) is 2. The van der Waals surface area contributed by atoms with E-state index in [-0.39, 0.29) is 19.1 Å². The monoisotopic (exact) mass is 251 g/mol. The second-order valence-corrected chi connectivity index (χ2v) is 3.95. The minimum Gasteiger partial charge on any atom is -0.489 e. The highest BCUT2D eigenvalue weighted by Gasteiger charge is 2.22. The summed E-state index contributed by atoms with van der Waals surface area (Å²) in [4.78, 5) is 21.9. The summed E-state index contributed by atoms with van der Waals surface area (Å²) in [6.45, 7) is 0.254. The van der Waals surface area contributed by atoms with Gasteiger partial charge in [-0.15, -0.1) is 0 Å². The Morgan fingerprint density at radius 3 is 3.00 bits per heavy atom. The molecule has 0 radical (unpaired) electrons. The fourth-order valence-electron chi connectivity index (χ4n) is 1.78. The Balaban J connectivity index is 2.15. The van der Waals surface area contributed by atoms with Gasteiger partial charge in [-0.2, -0.15) is 0 Å². The van der Waals surface area contributed by atoms with Crippen molar-refractivity contribution in [3.05, 3.63) is 23.8 Å². The number of carbonyl (C=O) groups is 2. The summed E-state index contributed by atoms with van der Waals surface area (Å²) in [5.41, 5.74) is 1.08. The molecule has 0 amide bonds. The molecule has 1 aliphatic rings. The van der Waals surface area contributed by atoms with E-state index in [0.717, 1.165) is 0 Å². The van der Waals surface area contributed by atoms with Crippen LogP contribution in [0, 0.1) is 0 Å². The fourth-order valence-corrected chi connectivity index (χ4v) is 1.78. The molecule has 0 aliphatic carbocycles. The van der Waals surface area contributed by atoms with E-state index in [4.69, 9.17) is 9.84 Å². The number of benzene rings is 1. The molecule has 6 heteroatoms. The van der Waals surface area contributed by atoms with Gasteiger partial charge in [-0.05, 0) is 18.2 Å². The average Bonchev–Trinajstić information content (AvgIpc) is 2.36. The van der Waals surface area contributed by atoms with Gasteiger partial charge in [0.25, 0.3) is 0 Å². The second kappa shape index (κ2) is 4.95. The molecule has 0 bridgehead atoms. The summed E-state index contributed by atoms with van der Waals surface area (Å²) < 4.78 is 10.0. The van der Waals surface area contributed by atoms with Gasteiger partial charge in [-0.1, -0.05) is 0 Å². The van der Waals surface area contributed by atoms with Crippen LogP contribution in [0.15, 0.2) is 18.2 Å². The van der Waals surface area contributed by atoms with E-state index >= 15 is 0 Å². The Hall–Kier alpha value is -2.24. The summed E-state index contributed by atoms with van der Waals surface area (Å²) in [5, 5.41) is 11.8. The van der Waals surface area contributed by atoms with Crippen LogP contribution in [0.5, 0.6) is 5.75 Å². The van der Waals surface area contributed by atoms with Crippen molar-refractivity contribution in [1.29, 1.82) is 0 Å². The first-order valence-electron chi connectivity index (χ1n) is 5.43.